The highest BCUT2D eigenvalue weighted by atomic mass is 15.1. The topological polar surface area (TPSA) is 8.17 Å². The van der Waals surface area contributed by atoms with E-state index >= 15 is 0 Å². The van der Waals surface area contributed by atoms with Crippen LogP contribution >= 0.6 is 0 Å². The summed E-state index contributed by atoms with van der Waals surface area (Å²) in [6.07, 6.45) is 0. The number of nitrogens with zero attached hydrogens (tertiary/aromatic N) is 2. The van der Waals surface area contributed by atoms with Crippen molar-refractivity contribution in [3.8, 4) is 61.3 Å². The van der Waals surface area contributed by atoms with Crippen molar-refractivity contribution >= 4 is 49.6 Å². The summed E-state index contributed by atoms with van der Waals surface area (Å²) in [6, 6.07) is 97.0. The number of para-hydroxylation sites is 3. The number of rotatable bonds is 9. The van der Waals surface area contributed by atoms with Crippen molar-refractivity contribution in [2.75, 3.05) is 4.90 Å². The van der Waals surface area contributed by atoms with Crippen molar-refractivity contribution in [2.24, 2.45) is 0 Å². The fourth-order valence-corrected chi connectivity index (χ4v) is 9.84. The minimum absolute atomic E-state index is 1.07. The van der Waals surface area contributed by atoms with Crippen LogP contribution in [0, 0.1) is 0 Å². The molecule has 0 saturated carbocycles. The zero-order valence-electron chi connectivity index (χ0n) is 36.3. The summed E-state index contributed by atoms with van der Waals surface area (Å²) in [6.45, 7) is 0. The van der Waals surface area contributed by atoms with Crippen LogP contribution in [0.1, 0.15) is 0 Å². The first-order valence-electron chi connectivity index (χ1n) is 22.7. The summed E-state index contributed by atoms with van der Waals surface area (Å²) in [7, 11) is 0. The van der Waals surface area contributed by atoms with E-state index in [1.807, 2.05) is 0 Å². The van der Waals surface area contributed by atoms with E-state index in [1.165, 1.54) is 71.5 Å². The predicted molar refractivity (Wildman–Crippen MR) is 280 cm³/mol. The Balaban J connectivity index is 1.06. The first-order valence-corrected chi connectivity index (χ1v) is 22.7. The smallest absolute Gasteiger partial charge is 0.0541 e. The summed E-state index contributed by atoms with van der Waals surface area (Å²) in [5, 5.41) is 4.91. The minimum atomic E-state index is 1.07. The van der Waals surface area contributed by atoms with Gasteiger partial charge in [-0.2, -0.15) is 0 Å². The Morgan fingerprint density at radius 3 is 1.35 bits per heavy atom. The van der Waals surface area contributed by atoms with Gasteiger partial charge in [0.15, 0.2) is 0 Å². The van der Waals surface area contributed by atoms with Gasteiger partial charge in [0.05, 0.1) is 22.4 Å². The van der Waals surface area contributed by atoms with Crippen LogP contribution in [0.4, 0.5) is 17.1 Å². The van der Waals surface area contributed by atoms with Gasteiger partial charge in [-0.05, 0) is 116 Å². The molecule has 0 amide bonds. The van der Waals surface area contributed by atoms with E-state index in [0.717, 1.165) is 39.4 Å². The zero-order valence-corrected chi connectivity index (χ0v) is 36.3. The second-order valence-corrected chi connectivity index (χ2v) is 16.9. The molecule has 1 heterocycles. The predicted octanol–water partition coefficient (Wildman–Crippen LogP) is 17.7. The van der Waals surface area contributed by atoms with Crippen LogP contribution in [0.5, 0.6) is 0 Å². The monoisotopic (exact) mass is 840 g/mol. The molecule has 0 aliphatic carbocycles. The molecule has 2 heteroatoms. The van der Waals surface area contributed by atoms with Crippen molar-refractivity contribution in [2.45, 2.75) is 0 Å². The van der Waals surface area contributed by atoms with E-state index in [-0.39, 0.29) is 0 Å². The molecule has 11 aromatic carbocycles. The second kappa shape index (κ2) is 16.8. The maximum Gasteiger partial charge on any atom is 0.0541 e. The maximum atomic E-state index is 2.43. The molecule has 0 aliphatic heterocycles. The molecule has 66 heavy (non-hydrogen) atoms. The third kappa shape index (κ3) is 7.02. The van der Waals surface area contributed by atoms with E-state index < -0.39 is 0 Å². The van der Waals surface area contributed by atoms with Crippen molar-refractivity contribution in [1.29, 1.82) is 0 Å². The number of benzene rings is 11. The highest BCUT2D eigenvalue weighted by Crippen LogP contribution is 2.46. The van der Waals surface area contributed by atoms with Gasteiger partial charge in [0.2, 0.25) is 0 Å². The molecule has 2 nitrogen and oxygen atoms in total. The van der Waals surface area contributed by atoms with E-state index in [9.17, 15) is 0 Å². The van der Waals surface area contributed by atoms with Gasteiger partial charge >= 0.3 is 0 Å². The third-order valence-corrected chi connectivity index (χ3v) is 13.0. The van der Waals surface area contributed by atoms with Crippen LogP contribution in [0.25, 0.3) is 93.9 Å². The summed E-state index contributed by atoms with van der Waals surface area (Å²) in [5.74, 6) is 0. The standard InChI is InChI=1S/C64H44N2/c1-3-17-45(18-4-1)47-33-38-53(39-34-47)65(54-40-35-48(36-41-54)51-24-15-23-50(43-51)46-19-5-2-6-20-46)64-42-37-52(44-60(64)57-29-16-22-49-21-7-8-25-55(49)57)56-26-9-12-30-61(56)66-62-31-13-10-27-58(62)59-28-11-14-32-63(59)66/h1-44H. The van der Waals surface area contributed by atoms with E-state index in [0.29, 0.717) is 0 Å². The molecule has 12 rings (SSSR count). The molecule has 0 spiro atoms. The minimum Gasteiger partial charge on any atom is -0.310 e. The molecule has 0 atom stereocenters. The van der Waals surface area contributed by atoms with Crippen molar-refractivity contribution in [3.05, 3.63) is 267 Å². The second-order valence-electron chi connectivity index (χ2n) is 16.9. The Bertz CT molecular complexity index is 3620. The highest BCUT2D eigenvalue weighted by Gasteiger charge is 2.22. The molecule has 0 fully saturated rings. The SMILES string of the molecule is c1ccc(-c2ccc(N(c3ccc(-c4cccc(-c5ccccc5)c4)cc3)c3ccc(-c4ccccc4-n4c5ccccc5c5ccccc54)cc3-c3cccc4ccccc34)cc2)cc1. The Kier molecular flexibility index (Phi) is 9.89. The van der Waals surface area contributed by atoms with E-state index in [4.69, 9.17) is 0 Å². The van der Waals surface area contributed by atoms with Crippen LogP contribution in [-0.2, 0) is 0 Å². The fraction of sp³-hybridized carbons (Fsp3) is 0. The van der Waals surface area contributed by atoms with Gasteiger partial charge in [0, 0.05) is 33.3 Å². The number of fused-ring (bicyclic) bond motifs is 4. The third-order valence-electron chi connectivity index (χ3n) is 13.0. The number of anilines is 3. The van der Waals surface area contributed by atoms with Gasteiger partial charge < -0.3 is 9.47 Å². The molecule has 310 valence electrons. The van der Waals surface area contributed by atoms with Crippen molar-refractivity contribution in [3.63, 3.8) is 0 Å². The molecule has 0 bridgehead atoms. The zero-order chi connectivity index (χ0) is 43.8. The molecule has 0 N–H and O–H groups in total. The largest absolute Gasteiger partial charge is 0.310 e. The van der Waals surface area contributed by atoms with Crippen LogP contribution in [0.2, 0.25) is 0 Å². The first kappa shape index (κ1) is 38.9. The lowest BCUT2D eigenvalue weighted by Crippen LogP contribution is -2.11. The number of hydrogen-bond donors (Lipinski definition) is 0. The molecule has 12 aromatic rings. The van der Waals surface area contributed by atoms with Gasteiger partial charge in [0.1, 0.15) is 0 Å². The fourth-order valence-electron chi connectivity index (χ4n) is 9.84. The summed E-state index contributed by atoms with van der Waals surface area (Å²) in [5.41, 5.74) is 18.6. The maximum absolute atomic E-state index is 2.43. The Morgan fingerprint density at radius 1 is 0.258 bits per heavy atom. The molecular weight excluding hydrogens is 797 g/mol. The summed E-state index contributed by atoms with van der Waals surface area (Å²) < 4.78 is 2.43. The molecule has 1 aromatic heterocycles. The molecular formula is C64H44N2. The Labute approximate surface area is 385 Å². The Morgan fingerprint density at radius 2 is 0.697 bits per heavy atom. The number of aromatic nitrogens is 1. The van der Waals surface area contributed by atoms with Crippen LogP contribution in [0.15, 0.2) is 267 Å². The number of hydrogen-bond acceptors (Lipinski definition) is 1. The van der Waals surface area contributed by atoms with Crippen molar-refractivity contribution < 1.29 is 0 Å². The average Bonchev–Trinajstić information content (AvgIpc) is 3.74. The van der Waals surface area contributed by atoms with E-state index in [1.54, 1.807) is 0 Å². The quantitative estimate of drug-likeness (QED) is 0.141. The molecule has 0 radical (unpaired) electrons. The van der Waals surface area contributed by atoms with Gasteiger partial charge in [-0.25, -0.2) is 0 Å². The average molecular weight is 841 g/mol. The van der Waals surface area contributed by atoms with Gasteiger partial charge in [-0.15, -0.1) is 0 Å². The summed E-state index contributed by atoms with van der Waals surface area (Å²) in [4.78, 5) is 2.43. The molecule has 0 unspecified atom stereocenters. The van der Waals surface area contributed by atoms with Crippen LogP contribution < -0.4 is 4.90 Å². The van der Waals surface area contributed by atoms with Crippen LogP contribution in [-0.4, -0.2) is 4.57 Å². The van der Waals surface area contributed by atoms with E-state index in [2.05, 4.69) is 276 Å². The lowest BCUT2D eigenvalue weighted by atomic mass is 9.92. The summed E-state index contributed by atoms with van der Waals surface area (Å²) >= 11 is 0. The first-order chi connectivity index (χ1) is 32.7. The molecule has 0 saturated heterocycles. The van der Waals surface area contributed by atoms with Gasteiger partial charge in [-0.3, -0.25) is 0 Å². The molecule has 0 aliphatic rings. The van der Waals surface area contributed by atoms with Crippen molar-refractivity contribution in [1.82, 2.24) is 4.57 Å². The van der Waals surface area contributed by atoms with Crippen LogP contribution in [0.3, 0.4) is 0 Å². The normalized spacial score (nSPS) is 11.3. The van der Waals surface area contributed by atoms with Gasteiger partial charge in [0.25, 0.3) is 0 Å². The Hall–Kier alpha value is -8.72. The lowest BCUT2D eigenvalue weighted by Gasteiger charge is -2.29. The highest BCUT2D eigenvalue weighted by molar-refractivity contribution is 6.10. The lowest BCUT2D eigenvalue weighted by molar-refractivity contribution is 1.18. The van der Waals surface area contributed by atoms with Gasteiger partial charge in [-0.1, -0.05) is 206 Å².